The lowest BCUT2D eigenvalue weighted by Gasteiger charge is -2.22. The van der Waals surface area contributed by atoms with E-state index in [1.165, 1.54) is 27.8 Å². The van der Waals surface area contributed by atoms with Crippen LogP contribution >= 0.6 is 0 Å². The molecule has 0 aliphatic rings. The van der Waals surface area contributed by atoms with Crippen molar-refractivity contribution in [3.63, 3.8) is 0 Å². The van der Waals surface area contributed by atoms with Crippen molar-refractivity contribution in [1.29, 1.82) is 0 Å². The van der Waals surface area contributed by atoms with E-state index in [-0.39, 0.29) is 28.4 Å². The number of aromatic hydroxyl groups is 1. The normalized spacial score (nSPS) is 12.2. The van der Waals surface area contributed by atoms with E-state index >= 15 is 0 Å². The molecule has 2 heterocycles. The van der Waals surface area contributed by atoms with Crippen molar-refractivity contribution in [2.24, 2.45) is 0 Å². The van der Waals surface area contributed by atoms with Crippen LogP contribution in [-0.2, 0) is 17.3 Å². The molecule has 63 heavy (non-hydrogen) atoms. The van der Waals surface area contributed by atoms with Crippen LogP contribution < -0.4 is 0 Å². The average Bonchev–Trinajstić information content (AvgIpc) is 3.65. The van der Waals surface area contributed by atoms with E-state index < -0.39 is 0 Å². The van der Waals surface area contributed by atoms with Gasteiger partial charge in [-0.1, -0.05) is 168 Å². The molecule has 4 nitrogen and oxygen atoms in total. The fourth-order valence-electron chi connectivity index (χ4n) is 8.75. The van der Waals surface area contributed by atoms with E-state index in [9.17, 15) is 5.11 Å². The molecule has 0 aliphatic heterocycles. The molecule has 0 saturated carbocycles. The number of hydrogen-bond donors (Lipinski definition) is 1. The Bertz CT molecular complexity index is 2920. The lowest BCUT2D eigenvalue weighted by atomic mass is 9.83. The van der Waals surface area contributed by atoms with Gasteiger partial charge in [0, 0.05) is 22.9 Å². The van der Waals surface area contributed by atoms with Gasteiger partial charge in [-0.05, 0) is 128 Å². The van der Waals surface area contributed by atoms with E-state index in [0.29, 0.717) is 0 Å². The lowest BCUT2D eigenvalue weighted by Crippen LogP contribution is -2.11. The van der Waals surface area contributed by atoms with Crippen molar-refractivity contribution in [2.45, 2.75) is 112 Å². The largest absolute Gasteiger partial charge is 0.507 e. The van der Waals surface area contributed by atoms with Gasteiger partial charge in [0.2, 0.25) is 0 Å². The molecule has 2 aromatic heterocycles. The van der Waals surface area contributed by atoms with Crippen LogP contribution in [0.2, 0.25) is 0 Å². The average molecular weight is 830 g/mol. The van der Waals surface area contributed by atoms with Crippen LogP contribution in [0.4, 0.5) is 0 Å². The Morgan fingerprint density at radius 2 is 1.29 bits per heavy atom. The van der Waals surface area contributed by atoms with Gasteiger partial charge in [0.15, 0.2) is 0 Å². The maximum Gasteiger partial charge on any atom is 0.149 e. The third-order valence-electron chi connectivity index (χ3n) is 12.6. The number of imidazole rings is 1. The summed E-state index contributed by atoms with van der Waals surface area (Å²) in [7, 11) is 0. The Hall–Kier alpha value is -6.26. The molecule has 0 aliphatic carbocycles. The number of nitrogens with zero attached hydrogens (tertiary/aromatic N) is 3. The van der Waals surface area contributed by atoms with Gasteiger partial charge in [-0.2, -0.15) is 0 Å². The van der Waals surface area contributed by atoms with Crippen molar-refractivity contribution < 1.29 is 5.11 Å². The Kier molecular flexibility index (Phi) is 11.8. The number of aryl methyl sites for hydroxylation is 1. The summed E-state index contributed by atoms with van der Waals surface area (Å²) in [6.07, 6.45) is 3.98. The van der Waals surface area contributed by atoms with Gasteiger partial charge in [-0.3, -0.25) is 9.55 Å². The molecule has 0 unspecified atom stereocenters. The minimum atomic E-state index is -0.134. The lowest BCUT2D eigenvalue weighted by molar-refractivity contribution is 0.466. The van der Waals surface area contributed by atoms with E-state index in [4.69, 9.17) is 9.97 Å². The third-order valence-corrected chi connectivity index (χ3v) is 12.6. The predicted molar refractivity (Wildman–Crippen MR) is 267 cm³/mol. The summed E-state index contributed by atoms with van der Waals surface area (Å²) in [5.41, 5.74) is 18.2. The summed E-state index contributed by atoms with van der Waals surface area (Å²) in [5.74, 6) is 1.39. The van der Waals surface area contributed by atoms with Crippen molar-refractivity contribution >= 4 is 11.0 Å². The van der Waals surface area contributed by atoms with E-state index in [1.54, 1.807) is 0 Å². The van der Waals surface area contributed by atoms with Gasteiger partial charge >= 0.3 is 0 Å². The van der Waals surface area contributed by atoms with Crippen molar-refractivity contribution in [3.8, 4) is 67.5 Å². The number of pyridine rings is 1. The van der Waals surface area contributed by atoms with Crippen LogP contribution in [0, 0.1) is 0 Å². The van der Waals surface area contributed by atoms with Crippen LogP contribution in [0.3, 0.4) is 0 Å². The summed E-state index contributed by atoms with van der Waals surface area (Å²) in [5, 5.41) is 12.3. The first-order valence-electron chi connectivity index (χ1n) is 22.8. The van der Waals surface area contributed by atoms with Gasteiger partial charge in [0.1, 0.15) is 11.6 Å². The smallest absolute Gasteiger partial charge is 0.149 e. The summed E-state index contributed by atoms with van der Waals surface area (Å²) >= 11 is 0. The van der Waals surface area contributed by atoms with Crippen LogP contribution in [0.1, 0.15) is 122 Å². The quantitative estimate of drug-likeness (QED) is 0.149. The standard InChI is InChI=1S/C59H63N3O/c1-12-17-39-22-27-53(50(30-39)41-18-14-13-15-19-41)62-54-21-16-20-48(55(54)61-57(62)51-35-43(37(2)3)34-49(38(4)5)56(51)63)44-31-45(33-47(32-44)59(9,10)11)52-36-42(28-29-60-52)40-23-25-46(26-24-40)58(6,7)8/h13-16,18-38,63H,12,17H2,1-11H3. The molecule has 0 saturated heterocycles. The molecule has 320 valence electrons. The second-order valence-electron chi connectivity index (χ2n) is 20.0. The van der Waals surface area contributed by atoms with Crippen molar-refractivity contribution in [3.05, 3.63) is 167 Å². The second-order valence-corrected chi connectivity index (χ2v) is 20.0. The molecule has 4 heteroatoms. The van der Waals surface area contributed by atoms with Crippen molar-refractivity contribution in [2.75, 3.05) is 0 Å². The Morgan fingerprint density at radius 1 is 0.571 bits per heavy atom. The minimum Gasteiger partial charge on any atom is -0.507 e. The number of hydrogen-bond acceptors (Lipinski definition) is 3. The Labute approximate surface area is 375 Å². The maximum absolute atomic E-state index is 12.3. The van der Waals surface area contributed by atoms with Crippen LogP contribution in [0.5, 0.6) is 5.75 Å². The molecule has 0 atom stereocenters. The second kappa shape index (κ2) is 17.1. The molecule has 6 aromatic carbocycles. The van der Waals surface area contributed by atoms with Gasteiger partial charge in [-0.15, -0.1) is 0 Å². The molecule has 0 spiro atoms. The summed E-state index contributed by atoms with van der Waals surface area (Å²) in [4.78, 5) is 10.6. The number of rotatable bonds is 10. The maximum atomic E-state index is 12.3. The van der Waals surface area contributed by atoms with Gasteiger partial charge < -0.3 is 5.11 Å². The zero-order chi connectivity index (χ0) is 44.8. The number of fused-ring (bicyclic) bond motifs is 1. The number of phenols is 1. The summed E-state index contributed by atoms with van der Waals surface area (Å²) < 4.78 is 2.30. The zero-order valence-corrected chi connectivity index (χ0v) is 39.1. The molecule has 0 bridgehead atoms. The van der Waals surface area contributed by atoms with Crippen LogP contribution in [-0.4, -0.2) is 19.6 Å². The van der Waals surface area contributed by atoms with E-state index in [0.717, 1.165) is 85.6 Å². The highest BCUT2D eigenvalue weighted by Gasteiger charge is 2.26. The van der Waals surface area contributed by atoms with E-state index in [2.05, 4.69) is 214 Å². The highest BCUT2D eigenvalue weighted by Crippen LogP contribution is 2.44. The first-order valence-corrected chi connectivity index (χ1v) is 22.8. The predicted octanol–water partition coefficient (Wildman–Crippen LogP) is 16.3. The monoisotopic (exact) mass is 829 g/mol. The van der Waals surface area contributed by atoms with Crippen LogP contribution in [0.15, 0.2) is 140 Å². The number of phenolic OH excluding ortho intramolecular Hbond substituents is 1. The minimum absolute atomic E-state index is 0.0875. The molecule has 8 rings (SSSR count). The molecule has 8 aromatic rings. The first-order chi connectivity index (χ1) is 30.0. The van der Waals surface area contributed by atoms with Gasteiger partial charge in [0.05, 0.1) is 28.0 Å². The van der Waals surface area contributed by atoms with Gasteiger partial charge in [-0.25, -0.2) is 4.98 Å². The van der Waals surface area contributed by atoms with Gasteiger partial charge in [0.25, 0.3) is 0 Å². The zero-order valence-electron chi connectivity index (χ0n) is 39.1. The molecule has 0 fully saturated rings. The van der Waals surface area contributed by atoms with Crippen LogP contribution in [0.25, 0.3) is 72.7 Å². The number of aromatic nitrogens is 3. The first kappa shape index (κ1) is 43.4. The highest BCUT2D eigenvalue weighted by atomic mass is 16.3. The Morgan fingerprint density at radius 3 is 1.95 bits per heavy atom. The fourth-order valence-corrected chi connectivity index (χ4v) is 8.75. The number of benzene rings is 6. The van der Waals surface area contributed by atoms with E-state index in [1.807, 2.05) is 6.20 Å². The van der Waals surface area contributed by atoms with Crippen molar-refractivity contribution in [1.82, 2.24) is 14.5 Å². The molecular formula is C59H63N3O. The summed E-state index contributed by atoms with van der Waals surface area (Å²) in [6, 6.07) is 48.6. The SMILES string of the molecule is CCCc1ccc(-n2c(-c3cc(C(C)C)cc(C(C)C)c3O)nc3c(-c4cc(-c5cc(-c6ccc(C(C)(C)C)cc6)ccn5)cc(C(C)(C)C)c4)cccc32)c(-c2ccccc2)c1. The summed E-state index contributed by atoms with van der Waals surface area (Å²) in [6.45, 7) is 24.5. The molecule has 1 N–H and O–H groups in total. The fraction of sp³-hybridized carbons (Fsp3) is 0.288. The molecule has 0 amide bonds. The highest BCUT2D eigenvalue weighted by molar-refractivity contribution is 5.98. The molecule has 0 radical (unpaired) electrons. The third kappa shape index (κ3) is 8.74. The Balaban J connectivity index is 1.40. The number of para-hydroxylation sites is 1. The topological polar surface area (TPSA) is 50.9 Å². The molecular weight excluding hydrogens is 767 g/mol.